The number of imidazole rings is 1. The van der Waals surface area contributed by atoms with Gasteiger partial charge >= 0.3 is 6.09 Å². The predicted molar refractivity (Wildman–Crippen MR) is 54.6 cm³/mol. The highest BCUT2D eigenvalue weighted by atomic mass is 16.4. The van der Waals surface area contributed by atoms with E-state index in [4.69, 9.17) is 5.11 Å². The summed E-state index contributed by atoms with van der Waals surface area (Å²) in [6.45, 7) is 4.59. The summed E-state index contributed by atoms with van der Waals surface area (Å²) in [5, 5.41) is 9.11. The molecule has 82 valence electrons. The zero-order valence-corrected chi connectivity index (χ0v) is 8.90. The van der Waals surface area contributed by atoms with Gasteiger partial charge in [-0.3, -0.25) is 4.90 Å². The smallest absolute Gasteiger partial charge is 0.407 e. The molecule has 0 saturated heterocycles. The quantitative estimate of drug-likeness (QED) is 0.738. The molecule has 1 aromatic heterocycles. The molecule has 0 spiro atoms. The van der Waals surface area contributed by atoms with Crippen molar-refractivity contribution >= 4 is 6.09 Å². The summed E-state index contributed by atoms with van der Waals surface area (Å²) >= 11 is 0. The van der Waals surface area contributed by atoms with Gasteiger partial charge in [0.25, 0.3) is 0 Å². The molecule has 1 aliphatic heterocycles. The van der Waals surface area contributed by atoms with Crippen LogP contribution < -0.4 is 0 Å². The normalized spacial score (nSPS) is 20.5. The third-order valence-corrected chi connectivity index (χ3v) is 2.85. The van der Waals surface area contributed by atoms with E-state index >= 15 is 0 Å². The van der Waals surface area contributed by atoms with Gasteiger partial charge in [0.15, 0.2) is 0 Å². The molecular weight excluding hydrogens is 194 g/mol. The largest absolute Gasteiger partial charge is 0.465 e. The average Bonchev–Trinajstić information content (AvgIpc) is 2.62. The number of aromatic amines is 1. The number of hydrogen-bond donors (Lipinski definition) is 2. The van der Waals surface area contributed by atoms with Crippen molar-refractivity contribution in [2.24, 2.45) is 5.92 Å². The Morgan fingerprint density at radius 2 is 2.47 bits per heavy atom. The number of nitrogens with one attached hydrogen (secondary N) is 1. The lowest BCUT2D eigenvalue weighted by Gasteiger charge is -2.35. The maximum absolute atomic E-state index is 11.1. The molecule has 15 heavy (non-hydrogen) atoms. The second-order valence-corrected chi connectivity index (χ2v) is 4.18. The molecule has 1 aromatic rings. The molecule has 0 unspecified atom stereocenters. The summed E-state index contributed by atoms with van der Waals surface area (Å²) in [5.41, 5.74) is 1.96. The highest BCUT2D eigenvalue weighted by Crippen LogP contribution is 2.32. The van der Waals surface area contributed by atoms with Gasteiger partial charge in [0.2, 0.25) is 0 Å². The minimum atomic E-state index is -0.859. The molecular formula is C10H15N3O2. The van der Waals surface area contributed by atoms with Crippen LogP contribution in [-0.2, 0) is 6.42 Å². The Balaban J connectivity index is 2.38. The Hall–Kier alpha value is -1.52. The lowest BCUT2D eigenvalue weighted by atomic mass is 9.94. The number of rotatable bonds is 1. The molecule has 5 nitrogen and oxygen atoms in total. The molecule has 0 aromatic carbocycles. The van der Waals surface area contributed by atoms with Crippen molar-refractivity contribution in [3.05, 3.63) is 17.7 Å². The van der Waals surface area contributed by atoms with E-state index in [9.17, 15) is 4.79 Å². The van der Waals surface area contributed by atoms with E-state index in [-0.39, 0.29) is 12.0 Å². The van der Waals surface area contributed by atoms with Crippen LogP contribution in [0.4, 0.5) is 4.79 Å². The van der Waals surface area contributed by atoms with E-state index in [0.717, 1.165) is 17.8 Å². The highest BCUT2D eigenvalue weighted by Gasteiger charge is 2.34. The summed E-state index contributed by atoms with van der Waals surface area (Å²) in [7, 11) is 0. The zero-order chi connectivity index (χ0) is 11.0. The number of fused-ring (bicyclic) bond motifs is 1. The topological polar surface area (TPSA) is 69.2 Å². The fourth-order valence-corrected chi connectivity index (χ4v) is 2.20. The highest BCUT2D eigenvalue weighted by molar-refractivity contribution is 5.66. The summed E-state index contributed by atoms with van der Waals surface area (Å²) in [5.74, 6) is 0.239. The molecule has 1 atom stereocenters. The Morgan fingerprint density at radius 3 is 3.07 bits per heavy atom. The van der Waals surface area contributed by atoms with Gasteiger partial charge in [0.05, 0.1) is 18.1 Å². The summed E-state index contributed by atoms with van der Waals surface area (Å²) < 4.78 is 0. The Morgan fingerprint density at radius 1 is 1.73 bits per heavy atom. The van der Waals surface area contributed by atoms with Gasteiger partial charge in [-0.25, -0.2) is 9.78 Å². The predicted octanol–water partition coefficient (Wildman–Crippen LogP) is 1.64. The first kappa shape index (κ1) is 10.0. The first-order valence-electron chi connectivity index (χ1n) is 5.13. The van der Waals surface area contributed by atoms with Crippen molar-refractivity contribution in [1.82, 2.24) is 14.9 Å². The van der Waals surface area contributed by atoms with Crippen molar-refractivity contribution in [1.29, 1.82) is 0 Å². The Labute approximate surface area is 88.1 Å². The van der Waals surface area contributed by atoms with Crippen molar-refractivity contribution < 1.29 is 9.90 Å². The van der Waals surface area contributed by atoms with Crippen molar-refractivity contribution in [3.63, 3.8) is 0 Å². The summed E-state index contributed by atoms with van der Waals surface area (Å²) in [6, 6.07) is -0.113. The van der Waals surface area contributed by atoms with E-state index in [1.807, 2.05) is 13.8 Å². The fraction of sp³-hybridized carbons (Fsp3) is 0.600. The lowest BCUT2D eigenvalue weighted by molar-refractivity contribution is 0.103. The SMILES string of the molecule is CC(C)[C@H]1c2nc[nH]c2CCN1C(=O)O. The van der Waals surface area contributed by atoms with Crippen LogP contribution in [0.5, 0.6) is 0 Å². The van der Waals surface area contributed by atoms with Crippen LogP contribution in [0.2, 0.25) is 0 Å². The first-order chi connectivity index (χ1) is 7.11. The number of amides is 1. The molecule has 0 radical (unpaired) electrons. The number of carboxylic acid groups (broad SMARTS) is 1. The Bertz CT molecular complexity index is 372. The molecule has 2 rings (SSSR count). The molecule has 2 heterocycles. The van der Waals surface area contributed by atoms with Gasteiger partial charge in [0.1, 0.15) is 0 Å². The van der Waals surface area contributed by atoms with Crippen LogP contribution >= 0.6 is 0 Å². The lowest BCUT2D eigenvalue weighted by Crippen LogP contribution is -2.41. The molecule has 1 aliphatic rings. The van der Waals surface area contributed by atoms with Crippen LogP contribution in [-0.4, -0.2) is 32.6 Å². The number of H-pyrrole nitrogens is 1. The van der Waals surface area contributed by atoms with Crippen LogP contribution in [0.15, 0.2) is 6.33 Å². The first-order valence-corrected chi connectivity index (χ1v) is 5.13. The standard InChI is InChI=1S/C10H15N3O2/c1-6(2)9-8-7(11-5-12-8)3-4-13(9)10(14)15/h5-6,9H,3-4H2,1-2H3,(H,11,12)(H,14,15)/t9-/m0/s1. The van der Waals surface area contributed by atoms with Crippen molar-refractivity contribution in [2.45, 2.75) is 26.3 Å². The van der Waals surface area contributed by atoms with Gasteiger partial charge in [-0.2, -0.15) is 0 Å². The third-order valence-electron chi connectivity index (χ3n) is 2.85. The second-order valence-electron chi connectivity index (χ2n) is 4.18. The maximum Gasteiger partial charge on any atom is 0.407 e. The number of carbonyl (C=O) groups is 1. The minimum absolute atomic E-state index is 0.113. The van der Waals surface area contributed by atoms with Crippen molar-refractivity contribution in [3.8, 4) is 0 Å². The number of hydrogen-bond acceptors (Lipinski definition) is 2. The monoisotopic (exact) mass is 209 g/mol. The minimum Gasteiger partial charge on any atom is -0.465 e. The van der Waals surface area contributed by atoms with Gasteiger partial charge < -0.3 is 10.1 Å². The van der Waals surface area contributed by atoms with Crippen LogP contribution in [0.25, 0.3) is 0 Å². The maximum atomic E-state index is 11.1. The van der Waals surface area contributed by atoms with Crippen LogP contribution in [0.3, 0.4) is 0 Å². The average molecular weight is 209 g/mol. The van der Waals surface area contributed by atoms with Crippen LogP contribution in [0.1, 0.15) is 31.3 Å². The van der Waals surface area contributed by atoms with E-state index in [1.54, 1.807) is 6.33 Å². The van der Waals surface area contributed by atoms with E-state index < -0.39 is 6.09 Å². The molecule has 0 fully saturated rings. The Kier molecular flexibility index (Phi) is 2.38. The fourth-order valence-electron chi connectivity index (χ4n) is 2.20. The summed E-state index contributed by atoms with van der Waals surface area (Å²) in [6.07, 6.45) is 1.51. The molecule has 0 aliphatic carbocycles. The van der Waals surface area contributed by atoms with Gasteiger partial charge in [-0.1, -0.05) is 13.8 Å². The zero-order valence-electron chi connectivity index (χ0n) is 8.90. The van der Waals surface area contributed by atoms with Gasteiger partial charge in [-0.15, -0.1) is 0 Å². The molecule has 5 heteroatoms. The molecule has 0 saturated carbocycles. The van der Waals surface area contributed by atoms with Crippen molar-refractivity contribution in [2.75, 3.05) is 6.54 Å². The molecule has 1 amide bonds. The molecule has 2 N–H and O–H groups in total. The van der Waals surface area contributed by atoms with E-state index in [0.29, 0.717) is 6.54 Å². The van der Waals surface area contributed by atoms with Crippen LogP contribution in [0, 0.1) is 5.92 Å². The summed E-state index contributed by atoms with van der Waals surface area (Å²) in [4.78, 5) is 19.9. The third kappa shape index (κ3) is 1.58. The number of nitrogens with zero attached hydrogens (tertiary/aromatic N) is 2. The van der Waals surface area contributed by atoms with E-state index in [2.05, 4.69) is 9.97 Å². The van der Waals surface area contributed by atoms with Gasteiger partial charge in [-0.05, 0) is 5.92 Å². The molecule has 0 bridgehead atoms. The van der Waals surface area contributed by atoms with E-state index in [1.165, 1.54) is 4.90 Å². The second kappa shape index (κ2) is 3.56. The van der Waals surface area contributed by atoms with Gasteiger partial charge in [0, 0.05) is 18.7 Å². The number of aromatic nitrogens is 2.